The van der Waals surface area contributed by atoms with Gasteiger partial charge in [0.1, 0.15) is 78.3 Å². The van der Waals surface area contributed by atoms with Crippen molar-refractivity contribution >= 4 is 116 Å². The molecular weight excluding hydrogens is 1870 g/mol. The van der Waals surface area contributed by atoms with Crippen molar-refractivity contribution in [1.29, 1.82) is 0 Å². The van der Waals surface area contributed by atoms with Crippen LogP contribution in [0.4, 0.5) is 4.39 Å². The number of hydrogen-bond donors (Lipinski definition) is 11. The molecule has 36 nitrogen and oxygen atoms in total. The molecule has 762 valence electrons. The Morgan fingerprint density at radius 1 is 0.634 bits per heavy atom. The number of amides is 13. The molecule has 6 aliphatic heterocycles. The summed E-state index contributed by atoms with van der Waals surface area (Å²) in [6.45, 7) is 7.18. The number of aryl methyl sites for hydroxylation is 1. The zero-order valence-corrected chi connectivity index (χ0v) is 82.9. The molecule has 2 aromatic heterocycles. The first-order chi connectivity index (χ1) is 67.6. The fraction of sp³-hybridized carbons (Fsp3) is 0.476. The number of carbonyl (C=O) groups is 14. The smallest absolute Gasteiger partial charge is 0.262 e. The van der Waals surface area contributed by atoms with Gasteiger partial charge in [-0.3, -0.25) is 71.7 Å². The third kappa shape index (κ3) is 28.3. The summed E-state index contributed by atoms with van der Waals surface area (Å²) in [5.41, 5.74) is 4.88. The number of hydrogen-bond acceptors (Lipinski definition) is 20. The van der Waals surface area contributed by atoms with Crippen LogP contribution in [0.3, 0.4) is 0 Å². The van der Waals surface area contributed by atoms with Crippen LogP contribution in [-0.2, 0) is 128 Å². The third-order valence-electron chi connectivity index (χ3n) is 26.9. The van der Waals surface area contributed by atoms with Gasteiger partial charge in [0.25, 0.3) is 5.91 Å². The van der Waals surface area contributed by atoms with Crippen molar-refractivity contribution < 1.29 is 117 Å². The van der Waals surface area contributed by atoms with E-state index in [0.29, 0.717) is 153 Å². The highest BCUT2D eigenvalue weighted by molar-refractivity contribution is 6.30. The number of benzene rings is 6. The molecule has 6 aromatic carbocycles. The number of aromatic nitrogens is 2. The summed E-state index contributed by atoms with van der Waals surface area (Å²) < 4.78 is 49.0. The number of fused-ring (bicyclic) bond motifs is 17. The molecule has 0 spiro atoms. The molecule has 10 atom stereocenters. The van der Waals surface area contributed by atoms with Gasteiger partial charge in [-0.15, -0.1) is 0 Å². The zero-order valence-electron chi connectivity index (χ0n) is 81.4. The molecule has 8 aromatic rings. The minimum absolute atomic E-state index is 0. The number of aliphatic hydroxyl groups excluding tert-OH is 1. The molecule has 8 heterocycles. The Hall–Kier alpha value is -12.9. The maximum absolute atomic E-state index is 16.4. The number of aliphatic hydroxyl groups is 1. The lowest BCUT2D eigenvalue weighted by Gasteiger charge is -2.37. The van der Waals surface area contributed by atoms with E-state index in [4.69, 9.17) is 35.3 Å². The van der Waals surface area contributed by atoms with E-state index in [1.165, 1.54) is 38.0 Å². The third-order valence-corrected chi connectivity index (χ3v) is 27.2. The van der Waals surface area contributed by atoms with Crippen molar-refractivity contribution in [2.45, 2.75) is 204 Å². The molecule has 11 N–H and O–H groups in total. The average Bonchev–Trinajstić information content (AvgIpc) is 1.03. The van der Waals surface area contributed by atoms with Gasteiger partial charge < -0.3 is 118 Å². The molecule has 13 amide bonds. The van der Waals surface area contributed by atoms with Gasteiger partial charge in [0.2, 0.25) is 76.8 Å². The zero-order chi connectivity index (χ0) is 101. The predicted molar refractivity (Wildman–Crippen MR) is 521 cm³/mol. The monoisotopic (exact) mass is 2000 g/mol. The summed E-state index contributed by atoms with van der Waals surface area (Å²) in [5, 5.41) is 41.3. The van der Waals surface area contributed by atoms with E-state index in [1.807, 2.05) is 49.0 Å². The Morgan fingerprint density at radius 2 is 1.33 bits per heavy atom. The Morgan fingerprint density at radius 3 is 2.07 bits per heavy atom. The van der Waals surface area contributed by atoms with Crippen molar-refractivity contribution in [2.75, 3.05) is 114 Å². The number of halogens is 3. The summed E-state index contributed by atoms with van der Waals surface area (Å²) in [5.74, 6) is -9.61. The number of nitrogens with one attached hydrogen (secondary N) is 10. The van der Waals surface area contributed by atoms with E-state index < -0.39 is 150 Å². The number of methoxy groups -OCH3 is 2. The normalized spacial score (nSPS) is 22.0. The van der Waals surface area contributed by atoms with Crippen LogP contribution in [-0.4, -0.2) is 290 Å². The van der Waals surface area contributed by atoms with Crippen LogP contribution in [0.5, 0.6) is 11.5 Å². The Labute approximate surface area is 835 Å². The number of rotatable bonds is 22. The van der Waals surface area contributed by atoms with Crippen molar-refractivity contribution in [1.82, 2.24) is 77.0 Å². The lowest BCUT2D eigenvalue weighted by molar-refractivity contribution is -0.889. The van der Waals surface area contributed by atoms with E-state index in [9.17, 15) is 43.5 Å². The first kappa shape index (κ1) is 108. The fourth-order valence-electron chi connectivity index (χ4n) is 18.7. The number of ether oxygens (including phenoxy) is 5. The van der Waals surface area contributed by atoms with Crippen molar-refractivity contribution in [3.8, 4) is 11.5 Å². The Kier molecular flexibility index (Phi) is 38.1. The van der Waals surface area contributed by atoms with Crippen LogP contribution < -0.4 is 75.0 Å². The molecule has 0 aliphatic carbocycles. The average molecular weight is 2000 g/mol. The van der Waals surface area contributed by atoms with E-state index in [0.717, 1.165) is 16.0 Å². The molecule has 0 unspecified atom stereocenters. The van der Waals surface area contributed by atoms with Gasteiger partial charge in [-0.25, -0.2) is 4.39 Å². The summed E-state index contributed by atoms with van der Waals surface area (Å²) in [6.07, 6.45) is 0.116. The maximum Gasteiger partial charge on any atom is 0.262 e. The summed E-state index contributed by atoms with van der Waals surface area (Å²) in [6, 6.07) is 25.4. The van der Waals surface area contributed by atoms with E-state index in [2.05, 4.69) is 53.2 Å². The van der Waals surface area contributed by atoms with E-state index >= 15 is 33.2 Å². The minimum atomic E-state index is -1.89. The van der Waals surface area contributed by atoms with Crippen LogP contribution in [0.2, 0.25) is 5.02 Å². The second-order valence-corrected chi connectivity index (χ2v) is 38.1. The van der Waals surface area contributed by atoms with Crippen molar-refractivity contribution in [3.63, 3.8) is 0 Å². The summed E-state index contributed by atoms with van der Waals surface area (Å²) in [7, 11) is 7.02. The molecule has 12 bridgehead atoms. The molecule has 2 saturated heterocycles. The molecule has 39 heteroatoms. The van der Waals surface area contributed by atoms with Crippen molar-refractivity contribution in [3.05, 3.63) is 201 Å². The van der Waals surface area contributed by atoms with E-state index in [1.54, 1.807) is 128 Å². The van der Waals surface area contributed by atoms with Gasteiger partial charge in [0.05, 0.1) is 92.0 Å². The number of likely N-dealkylation sites (N-methyl/N-ethyl adjacent to an activating group) is 1. The van der Waals surface area contributed by atoms with Crippen LogP contribution >= 0.6 is 11.6 Å². The predicted octanol–water partition coefficient (Wildman–Crippen LogP) is 1.77. The molecule has 6 aliphatic rings. The van der Waals surface area contributed by atoms with Crippen molar-refractivity contribution in [2.24, 2.45) is 0 Å². The first-order valence-corrected chi connectivity index (χ1v) is 48.6. The first-order valence-electron chi connectivity index (χ1n) is 48.2. The molecule has 0 radical (unpaired) electrons. The number of quaternary nitrogens is 1. The highest BCUT2D eigenvalue weighted by atomic mass is 35.5. The summed E-state index contributed by atoms with van der Waals surface area (Å²) >= 11 is 6.14. The molecular formula is C103H129Cl2FN16O20. The highest BCUT2D eigenvalue weighted by Gasteiger charge is 2.50. The standard InChI is InChI=1S/C103H128ClFN16O20.ClH/c1-63-94(128)114-83(59-109-87(123)37-47-139-49-50-140-48-46-121(5,6)45-40-106-89(125)57-77-64(2)120(85-32-30-76(138-8)56-79(77)85)99(133)71-23-25-73(104)26-24-71)96(130)111-80-53-69-15-13-16-70(51-69)58-108-90(126)62-141-86-36-44-118-93(86)98(132)115-92(65(3)122)97(131)113-81(52-67-21-28-75(137-7)29-22-67)101(135)119-43-14-38-103(119,4)102(136)107-39-35-66-17-19-68(20-18-66)60-117(91(127)34-33-88(124)110-63)42-12-10-9-11-41-116-61-72(54-82(100(118)134)112-95(80)129)78-55-74(105)27-31-84(78)116;/h13,15-32,51,55-56,61,63,65,80-83,86,92-93,122H,9-12,14,33-50,52-54,57-60,62H2,1-8H3,(H9-,106,107,108,109,110,111,112,113,114,115,123,124,125,126,128,129,130,131,132,136);1H/t63-,65+,80-,81-,82-,83+,86-,92-,93-,103-;/m0./s1. The topological polar surface area (TPSA) is 445 Å². The van der Waals surface area contributed by atoms with Crippen LogP contribution in [0.25, 0.3) is 21.8 Å². The van der Waals surface area contributed by atoms with Crippen LogP contribution in [0.1, 0.15) is 140 Å². The second kappa shape index (κ2) is 50.2. The quantitative estimate of drug-likeness (QED) is 0.0340. The SMILES string of the molecule is COc1ccc(C[C@@H]2NC(=O)[C@H]([C@@H](C)O)NC(=O)[C@@H]3[C@@H]4CCN3C(=O)[C@@H]3Cc5cn(c6ccc(F)cc56)CCCCCCN(Cc5ccc(cc5)CCNC(=O)[C@]5(C)CCCN5C2=O)C(=O)CCC(=O)N[C@@H](C)C(=O)N[C@H](CNC(=O)CCOCCOCC[N+](C)(C)CCNC(=O)Cc2c(C)n(C(=O)c5ccc(Cl)cc5)c5ccc(OC)cc25)C(=O)N[C@@H](Cc2cccc(c2)CNC(=O)CO4)C(=O)N3)cc1.[Cl-]. The van der Waals surface area contributed by atoms with E-state index in [-0.39, 0.29) is 141 Å². The van der Waals surface area contributed by atoms with Gasteiger partial charge >= 0.3 is 0 Å². The second-order valence-electron chi connectivity index (χ2n) is 37.6. The van der Waals surface area contributed by atoms with Gasteiger partial charge in [-0.05, 0) is 178 Å². The Bertz CT molecular complexity index is 5880. The fourth-order valence-corrected chi connectivity index (χ4v) is 18.8. The largest absolute Gasteiger partial charge is 1.00 e. The van der Waals surface area contributed by atoms with Crippen LogP contribution in [0, 0.1) is 12.7 Å². The maximum atomic E-state index is 16.4. The van der Waals surface area contributed by atoms with Gasteiger partial charge in [-0.2, -0.15) is 0 Å². The number of nitrogens with zero attached hydrogens (tertiary/aromatic N) is 6. The number of carbonyl (C=O) groups excluding carboxylic acids is 14. The highest BCUT2D eigenvalue weighted by Crippen LogP contribution is 2.35. The lowest BCUT2D eigenvalue weighted by Crippen LogP contribution is -3.00. The van der Waals surface area contributed by atoms with Gasteiger partial charge in [0.15, 0.2) is 0 Å². The van der Waals surface area contributed by atoms with Gasteiger partial charge in [0, 0.05) is 130 Å². The Balaban J connectivity index is 0.0000180. The minimum Gasteiger partial charge on any atom is -1.00 e. The molecule has 2 fully saturated rings. The van der Waals surface area contributed by atoms with Gasteiger partial charge in [-0.1, -0.05) is 85.1 Å². The molecule has 14 rings (SSSR count). The molecule has 142 heavy (non-hydrogen) atoms. The van der Waals surface area contributed by atoms with Crippen LogP contribution in [0.15, 0.2) is 140 Å². The summed E-state index contributed by atoms with van der Waals surface area (Å²) in [4.78, 5) is 212. The molecule has 0 saturated carbocycles. The lowest BCUT2D eigenvalue weighted by atomic mass is 9.95.